The lowest BCUT2D eigenvalue weighted by Crippen LogP contribution is -2.42. The molecular formula is C24H26N6O. The largest absolute Gasteiger partial charge is 0.481 e. The number of rotatable bonds is 6. The van der Waals surface area contributed by atoms with Crippen molar-refractivity contribution in [2.75, 3.05) is 33.3 Å². The van der Waals surface area contributed by atoms with Crippen molar-refractivity contribution in [3.05, 3.63) is 71.9 Å². The van der Waals surface area contributed by atoms with Gasteiger partial charge in [-0.2, -0.15) is 0 Å². The van der Waals surface area contributed by atoms with E-state index in [0.29, 0.717) is 12.3 Å². The van der Waals surface area contributed by atoms with Crippen molar-refractivity contribution < 1.29 is 4.74 Å². The molecule has 1 aromatic carbocycles. The highest BCUT2D eigenvalue weighted by Gasteiger charge is 2.11. The third kappa shape index (κ3) is 4.57. The van der Waals surface area contributed by atoms with Crippen molar-refractivity contribution >= 4 is 11.0 Å². The number of imidazole rings is 1. The number of benzene rings is 1. The van der Waals surface area contributed by atoms with Crippen molar-refractivity contribution in [1.82, 2.24) is 30.2 Å². The minimum atomic E-state index is 0.611. The molecule has 0 atom stereocenters. The molecule has 0 unspecified atom stereocenters. The fourth-order valence-corrected chi connectivity index (χ4v) is 4.02. The molecule has 5 rings (SSSR count). The standard InChI is InChI=1S/C24H26N6O/c1-31-24-5-3-19(15-27-24)18-2-4-21-22(13-18)29-23(28-21)14-20-12-17(6-7-26-20)16-30-10-8-25-9-11-30/h2-7,12-13,15,25H,8-11,14,16H2,1H3,(H,28,29). The number of fused-ring (bicyclic) bond motifs is 1. The maximum Gasteiger partial charge on any atom is 0.212 e. The van der Waals surface area contributed by atoms with Gasteiger partial charge in [0.2, 0.25) is 5.88 Å². The smallest absolute Gasteiger partial charge is 0.212 e. The zero-order valence-corrected chi connectivity index (χ0v) is 17.6. The van der Waals surface area contributed by atoms with Crippen molar-refractivity contribution in [3.8, 4) is 17.0 Å². The first-order valence-corrected chi connectivity index (χ1v) is 10.6. The molecule has 1 aliphatic rings. The molecule has 4 heterocycles. The number of H-pyrrole nitrogens is 1. The van der Waals surface area contributed by atoms with Gasteiger partial charge in [0.1, 0.15) is 5.82 Å². The summed E-state index contributed by atoms with van der Waals surface area (Å²) >= 11 is 0. The summed E-state index contributed by atoms with van der Waals surface area (Å²) in [5.74, 6) is 1.53. The van der Waals surface area contributed by atoms with Crippen LogP contribution < -0.4 is 10.1 Å². The Morgan fingerprint density at radius 1 is 1.00 bits per heavy atom. The number of aromatic nitrogens is 4. The lowest BCUT2D eigenvalue weighted by molar-refractivity contribution is 0.233. The topological polar surface area (TPSA) is 79.0 Å². The fraction of sp³-hybridized carbons (Fsp3) is 0.292. The highest BCUT2D eigenvalue weighted by atomic mass is 16.5. The Morgan fingerprint density at radius 2 is 1.87 bits per heavy atom. The van der Waals surface area contributed by atoms with Crippen LogP contribution in [0.25, 0.3) is 22.2 Å². The Hall–Kier alpha value is -3.29. The third-order valence-electron chi connectivity index (χ3n) is 5.66. The Balaban J connectivity index is 1.33. The van der Waals surface area contributed by atoms with Gasteiger partial charge in [0.05, 0.1) is 18.1 Å². The van der Waals surface area contributed by atoms with Crippen LogP contribution in [0.15, 0.2) is 54.9 Å². The van der Waals surface area contributed by atoms with E-state index in [1.165, 1.54) is 5.56 Å². The third-order valence-corrected chi connectivity index (χ3v) is 5.66. The van der Waals surface area contributed by atoms with Crippen LogP contribution in [0.1, 0.15) is 17.1 Å². The molecule has 0 aliphatic carbocycles. The van der Waals surface area contributed by atoms with E-state index in [0.717, 1.165) is 66.4 Å². The molecule has 1 aliphatic heterocycles. The van der Waals surface area contributed by atoms with Gasteiger partial charge in [-0.25, -0.2) is 9.97 Å². The van der Waals surface area contributed by atoms with Gasteiger partial charge in [0, 0.05) is 68.9 Å². The van der Waals surface area contributed by atoms with Gasteiger partial charge in [-0.3, -0.25) is 9.88 Å². The van der Waals surface area contributed by atoms with Crippen LogP contribution in [0, 0.1) is 0 Å². The van der Waals surface area contributed by atoms with Gasteiger partial charge in [-0.15, -0.1) is 0 Å². The van der Waals surface area contributed by atoms with Crippen LogP contribution in [0.2, 0.25) is 0 Å². The molecule has 31 heavy (non-hydrogen) atoms. The summed E-state index contributed by atoms with van der Waals surface area (Å²) < 4.78 is 5.15. The molecule has 0 radical (unpaired) electrons. The molecule has 3 aromatic heterocycles. The van der Waals surface area contributed by atoms with Crippen molar-refractivity contribution in [2.24, 2.45) is 0 Å². The van der Waals surface area contributed by atoms with E-state index in [1.54, 1.807) is 7.11 Å². The molecule has 0 amide bonds. The Labute approximate surface area is 181 Å². The summed E-state index contributed by atoms with van der Waals surface area (Å²) in [5.41, 5.74) is 6.44. The van der Waals surface area contributed by atoms with E-state index in [-0.39, 0.29) is 0 Å². The van der Waals surface area contributed by atoms with Crippen LogP contribution in [0.4, 0.5) is 0 Å². The Morgan fingerprint density at radius 3 is 2.68 bits per heavy atom. The first-order valence-electron chi connectivity index (χ1n) is 10.6. The van der Waals surface area contributed by atoms with Crippen molar-refractivity contribution in [2.45, 2.75) is 13.0 Å². The first-order chi connectivity index (χ1) is 15.3. The lowest BCUT2D eigenvalue weighted by atomic mass is 10.1. The zero-order chi connectivity index (χ0) is 21.0. The maximum atomic E-state index is 5.15. The molecule has 1 saturated heterocycles. The quantitative estimate of drug-likeness (QED) is 0.505. The van der Waals surface area contributed by atoms with E-state index in [9.17, 15) is 0 Å². The van der Waals surface area contributed by atoms with Crippen LogP contribution in [0.3, 0.4) is 0 Å². The highest BCUT2D eigenvalue weighted by Crippen LogP contribution is 2.24. The molecule has 7 heteroatoms. The molecule has 0 bridgehead atoms. The van der Waals surface area contributed by atoms with Gasteiger partial charge < -0.3 is 15.0 Å². The fourth-order valence-electron chi connectivity index (χ4n) is 4.02. The molecule has 158 valence electrons. The van der Waals surface area contributed by atoms with E-state index in [2.05, 4.69) is 49.4 Å². The van der Waals surface area contributed by atoms with Crippen molar-refractivity contribution in [1.29, 1.82) is 0 Å². The number of aromatic amines is 1. The minimum Gasteiger partial charge on any atom is -0.481 e. The molecular weight excluding hydrogens is 388 g/mol. The summed E-state index contributed by atoms with van der Waals surface area (Å²) in [6.07, 6.45) is 4.42. The van der Waals surface area contributed by atoms with Gasteiger partial charge in [0.15, 0.2) is 0 Å². The van der Waals surface area contributed by atoms with Crippen LogP contribution in [-0.2, 0) is 13.0 Å². The molecule has 1 fully saturated rings. The number of piperazine rings is 1. The van der Waals surface area contributed by atoms with E-state index >= 15 is 0 Å². The number of methoxy groups -OCH3 is 1. The Kier molecular flexibility index (Phi) is 5.60. The predicted octanol–water partition coefficient (Wildman–Crippen LogP) is 3.02. The summed E-state index contributed by atoms with van der Waals surface area (Å²) in [6.45, 7) is 5.27. The predicted molar refractivity (Wildman–Crippen MR) is 121 cm³/mol. The second-order valence-electron chi connectivity index (χ2n) is 7.86. The van der Waals surface area contributed by atoms with Crippen LogP contribution >= 0.6 is 0 Å². The number of ether oxygens (including phenoxy) is 1. The SMILES string of the molecule is COc1ccc(-c2ccc3nc(Cc4cc(CN5CCNCC5)ccn4)[nH]c3c2)cn1. The van der Waals surface area contributed by atoms with Gasteiger partial charge in [-0.05, 0) is 41.5 Å². The molecule has 0 spiro atoms. The van der Waals surface area contributed by atoms with Crippen LogP contribution in [-0.4, -0.2) is 58.1 Å². The minimum absolute atomic E-state index is 0.611. The number of hydrogen-bond donors (Lipinski definition) is 2. The number of pyridine rings is 2. The average molecular weight is 415 g/mol. The summed E-state index contributed by atoms with van der Waals surface area (Å²) in [7, 11) is 1.62. The molecule has 4 aromatic rings. The first kappa shape index (κ1) is 19.7. The summed E-state index contributed by atoms with van der Waals surface area (Å²) in [4.78, 5) is 19.6. The van der Waals surface area contributed by atoms with Gasteiger partial charge >= 0.3 is 0 Å². The van der Waals surface area contributed by atoms with Gasteiger partial charge in [0.25, 0.3) is 0 Å². The number of nitrogens with zero attached hydrogens (tertiary/aromatic N) is 4. The second kappa shape index (κ2) is 8.83. The Bertz CT molecular complexity index is 1160. The number of nitrogens with one attached hydrogen (secondary N) is 2. The molecule has 0 saturated carbocycles. The van der Waals surface area contributed by atoms with E-state index in [1.807, 2.05) is 30.6 Å². The monoisotopic (exact) mass is 414 g/mol. The summed E-state index contributed by atoms with van der Waals surface area (Å²) in [6, 6.07) is 14.4. The van der Waals surface area contributed by atoms with E-state index < -0.39 is 0 Å². The zero-order valence-electron chi connectivity index (χ0n) is 17.6. The summed E-state index contributed by atoms with van der Waals surface area (Å²) in [5, 5.41) is 3.40. The normalized spacial score (nSPS) is 14.7. The van der Waals surface area contributed by atoms with Crippen molar-refractivity contribution in [3.63, 3.8) is 0 Å². The molecule has 7 nitrogen and oxygen atoms in total. The highest BCUT2D eigenvalue weighted by molar-refractivity contribution is 5.81. The average Bonchev–Trinajstić information content (AvgIpc) is 3.21. The van der Waals surface area contributed by atoms with Gasteiger partial charge in [-0.1, -0.05) is 6.07 Å². The lowest BCUT2D eigenvalue weighted by Gasteiger charge is -2.27. The van der Waals surface area contributed by atoms with E-state index in [4.69, 9.17) is 9.72 Å². The number of hydrogen-bond acceptors (Lipinski definition) is 6. The maximum absolute atomic E-state index is 5.15. The van der Waals surface area contributed by atoms with Crippen LogP contribution in [0.5, 0.6) is 5.88 Å². The molecule has 2 N–H and O–H groups in total. The second-order valence-corrected chi connectivity index (χ2v) is 7.86.